The van der Waals surface area contributed by atoms with Crippen LogP contribution in [0.1, 0.15) is 22.1 Å². The number of thiophene rings is 1. The molecule has 15 heavy (non-hydrogen) atoms. The molecular weight excluding hydrogens is 319 g/mol. The maximum Gasteiger partial charge on any atom is 0.105 e. The minimum absolute atomic E-state index is 0.494. The minimum Gasteiger partial charge on any atom is -0.384 e. The molecule has 1 atom stereocenters. The van der Waals surface area contributed by atoms with Gasteiger partial charge in [0.2, 0.25) is 0 Å². The van der Waals surface area contributed by atoms with E-state index in [4.69, 9.17) is 0 Å². The molecule has 0 aliphatic carbocycles. The summed E-state index contributed by atoms with van der Waals surface area (Å²) in [6.45, 7) is 2.05. The monoisotopic (exact) mass is 330 g/mol. The quantitative estimate of drug-likeness (QED) is 0.832. The van der Waals surface area contributed by atoms with Crippen molar-refractivity contribution < 1.29 is 5.11 Å². The topological polar surface area (TPSA) is 20.2 Å². The Kier molecular flexibility index (Phi) is 3.43. The highest BCUT2D eigenvalue weighted by atomic mass is 127. The zero-order valence-electron chi connectivity index (χ0n) is 8.27. The van der Waals surface area contributed by atoms with E-state index in [1.165, 1.54) is 8.45 Å². The highest BCUT2D eigenvalue weighted by Crippen LogP contribution is 2.26. The Bertz CT molecular complexity index is 447. The zero-order valence-corrected chi connectivity index (χ0v) is 11.2. The van der Waals surface area contributed by atoms with Gasteiger partial charge in [-0.25, -0.2) is 0 Å². The fourth-order valence-corrected chi connectivity index (χ4v) is 2.53. The maximum atomic E-state index is 10.1. The second-order valence-corrected chi connectivity index (χ2v) is 5.81. The smallest absolute Gasteiger partial charge is 0.105 e. The van der Waals surface area contributed by atoms with Crippen LogP contribution < -0.4 is 0 Å². The SMILES string of the molecule is Cc1cc(C(O)c2ccc(I)cc2)cs1. The molecule has 1 aromatic carbocycles. The lowest BCUT2D eigenvalue weighted by molar-refractivity contribution is 0.221. The molecule has 0 saturated carbocycles. The molecule has 1 heterocycles. The third-order valence-corrected chi connectivity index (χ3v) is 3.85. The van der Waals surface area contributed by atoms with E-state index in [-0.39, 0.29) is 0 Å². The second-order valence-electron chi connectivity index (χ2n) is 3.44. The molecule has 0 bridgehead atoms. The van der Waals surface area contributed by atoms with Crippen molar-refractivity contribution in [2.75, 3.05) is 0 Å². The first-order chi connectivity index (χ1) is 7.16. The van der Waals surface area contributed by atoms with Crippen molar-refractivity contribution in [2.45, 2.75) is 13.0 Å². The Balaban J connectivity index is 2.28. The van der Waals surface area contributed by atoms with Crippen LogP contribution in [0.4, 0.5) is 0 Å². The fraction of sp³-hybridized carbons (Fsp3) is 0.167. The first kappa shape index (κ1) is 11.1. The van der Waals surface area contributed by atoms with Gasteiger partial charge in [-0.15, -0.1) is 11.3 Å². The molecular formula is C12H11IOS. The summed E-state index contributed by atoms with van der Waals surface area (Å²) in [5.74, 6) is 0. The van der Waals surface area contributed by atoms with E-state index in [1.54, 1.807) is 11.3 Å². The Morgan fingerprint density at radius 1 is 1.20 bits per heavy atom. The summed E-state index contributed by atoms with van der Waals surface area (Å²) in [5.41, 5.74) is 1.94. The largest absolute Gasteiger partial charge is 0.384 e. The van der Waals surface area contributed by atoms with Crippen LogP contribution in [0.15, 0.2) is 35.7 Å². The van der Waals surface area contributed by atoms with Crippen LogP contribution in [0, 0.1) is 10.5 Å². The van der Waals surface area contributed by atoms with E-state index in [2.05, 4.69) is 29.5 Å². The molecule has 2 rings (SSSR count). The molecule has 78 valence electrons. The maximum absolute atomic E-state index is 10.1. The van der Waals surface area contributed by atoms with E-state index < -0.39 is 6.10 Å². The summed E-state index contributed by atoms with van der Waals surface area (Å²) < 4.78 is 1.19. The highest BCUT2D eigenvalue weighted by molar-refractivity contribution is 14.1. The highest BCUT2D eigenvalue weighted by Gasteiger charge is 2.11. The Hall–Kier alpha value is -0.390. The average Bonchev–Trinajstić information content (AvgIpc) is 2.65. The van der Waals surface area contributed by atoms with Gasteiger partial charge in [0.25, 0.3) is 0 Å². The third-order valence-electron chi connectivity index (χ3n) is 2.25. The van der Waals surface area contributed by atoms with Gasteiger partial charge in [0.15, 0.2) is 0 Å². The number of aliphatic hydroxyl groups is 1. The van der Waals surface area contributed by atoms with Crippen LogP contribution in [0.2, 0.25) is 0 Å². The lowest BCUT2D eigenvalue weighted by Crippen LogP contribution is -1.97. The number of aliphatic hydroxyl groups excluding tert-OH is 1. The van der Waals surface area contributed by atoms with Crippen molar-refractivity contribution >= 4 is 33.9 Å². The predicted octanol–water partition coefficient (Wildman–Crippen LogP) is 3.74. The standard InChI is InChI=1S/C12H11IOS/c1-8-6-10(7-15-8)12(14)9-2-4-11(13)5-3-9/h2-7,12,14H,1H3. The number of halogens is 1. The number of rotatable bonds is 2. The van der Waals surface area contributed by atoms with Gasteiger partial charge in [0, 0.05) is 8.45 Å². The van der Waals surface area contributed by atoms with Gasteiger partial charge in [-0.3, -0.25) is 0 Å². The van der Waals surface area contributed by atoms with E-state index in [0.29, 0.717) is 0 Å². The Morgan fingerprint density at radius 2 is 1.87 bits per heavy atom. The summed E-state index contributed by atoms with van der Waals surface area (Å²) in [5, 5.41) is 12.1. The van der Waals surface area contributed by atoms with E-state index >= 15 is 0 Å². The molecule has 0 aliphatic rings. The van der Waals surface area contributed by atoms with Crippen molar-refractivity contribution in [3.63, 3.8) is 0 Å². The van der Waals surface area contributed by atoms with Crippen molar-refractivity contribution in [3.05, 3.63) is 55.3 Å². The van der Waals surface area contributed by atoms with Crippen molar-refractivity contribution in [1.82, 2.24) is 0 Å². The molecule has 0 spiro atoms. The summed E-state index contributed by atoms with van der Waals surface area (Å²) in [4.78, 5) is 1.23. The summed E-state index contributed by atoms with van der Waals surface area (Å²) in [6.07, 6.45) is -0.494. The fourth-order valence-electron chi connectivity index (χ4n) is 1.44. The number of hydrogen-bond acceptors (Lipinski definition) is 2. The van der Waals surface area contributed by atoms with Crippen LogP contribution in [0.3, 0.4) is 0 Å². The van der Waals surface area contributed by atoms with Gasteiger partial charge < -0.3 is 5.11 Å². The molecule has 0 saturated heterocycles. The van der Waals surface area contributed by atoms with E-state index in [1.807, 2.05) is 35.7 Å². The lowest BCUT2D eigenvalue weighted by Gasteiger charge is -2.08. The molecule has 1 unspecified atom stereocenters. The first-order valence-electron chi connectivity index (χ1n) is 4.65. The van der Waals surface area contributed by atoms with Gasteiger partial charge in [0.1, 0.15) is 6.10 Å². The molecule has 0 aliphatic heterocycles. The Labute approximate surface area is 107 Å². The number of aryl methyl sites for hydroxylation is 1. The van der Waals surface area contributed by atoms with Gasteiger partial charge in [0.05, 0.1) is 0 Å². The van der Waals surface area contributed by atoms with Crippen molar-refractivity contribution in [2.24, 2.45) is 0 Å². The molecule has 0 radical (unpaired) electrons. The second kappa shape index (κ2) is 4.63. The summed E-state index contributed by atoms with van der Waals surface area (Å²) >= 11 is 3.93. The minimum atomic E-state index is -0.494. The molecule has 3 heteroatoms. The molecule has 0 fully saturated rings. The van der Waals surface area contributed by atoms with Crippen molar-refractivity contribution in [3.8, 4) is 0 Å². The average molecular weight is 330 g/mol. The molecule has 1 aromatic heterocycles. The van der Waals surface area contributed by atoms with E-state index in [9.17, 15) is 5.11 Å². The lowest BCUT2D eigenvalue weighted by atomic mass is 10.0. The summed E-state index contributed by atoms with van der Waals surface area (Å²) in [6, 6.07) is 10.0. The third kappa shape index (κ3) is 2.59. The van der Waals surface area contributed by atoms with Crippen molar-refractivity contribution in [1.29, 1.82) is 0 Å². The normalized spacial score (nSPS) is 12.7. The molecule has 1 nitrogen and oxygen atoms in total. The van der Waals surface area contributed by atoms with Gasteiger partial charge in [-0.1, -0.05) is 12.1 Å². The van der Waals surface area contributed by atoms with Crippen LogP contribution in [0.25, 0.3) is 0 Å². The summed E-state index contributed by atoms with van der Waals surface area (Å²) in [7, 11) is 0. The van der Waals surface area contributed by atoms with Crippen LogP contribution in [-0.4, -0.2) is 5.11 Å². The van der Waals surface area contributed by atoms with Gasteiger partial charge >= 0.3 is 0 Å². The first-order valence-corrected chi connectivity index (χ1v) is 6.61. The number of benzene rings is 1. The van der Waals surface area contributed by atoms with Crippen LogP contribution >= 0.6 is 33.9 Å². The molecule has 2 aromatic rings. The van der Waals surface area contributed by atoms with Gasteiger partial charge in [-0.2, -0.15) is 0 Å². The zero-order chi connectivity index (χ0) is 10.8. The molecule has 1 N–H and O–H groups in total. The van der Waals surface area contributed by atoms with E-state index in [0.717, 1.165) is 11.1 Å². The van der Waals surface area contributed by atoms with Crippen LogP contribution in [-0.2, 0) is 0 Å². The number of hydrogen-bond donors (Lipinski definition) is 1. The predicted molar refractivity (Wildman–Crippen MR) is 72.3 cm³/mol. The molecule has 0 amide bonds. The van der Waals surface area contributed by atoms with Gasteiger partial charge in [-0.05, 0) is 64.2 Å². The van der Waals surface area contributed by atoms with Crippen LogP contribution in [0.5, 0.6) is 0 Å². The Morgan fingerprint density at radius 3 is 2.40 bits per heavy atom.